The first-order chi connectivity index (χ1) is 57.2. The topological polar surface area (TPSA) is 23.3 Å². The van der Waals surface area contributed by atoms with E-state index in [0.717, 1.165) is 95.2 Å². The summed E-state index contributed by atoms with van der Waals surface area (Å²) in [5.41, 5.74) is 18.4. The van der Waals surface area contributed by atoms with Gasteiger partial charge in [-0.3, -0.25) is 0 Å². The van der Waals surface area contributed by atoms with Crippen molar-refractivity contribution >= 4 is 0 Å². The summed E-state index contributed by atoms with van der Waals surface area (Å²) >= 11 is 0. The Morgan fingerprint density at radius 3 is 1.18 bits per heavy atom. The lowest BCUT2D eigenvalue weighted by molar-refractivity contribution is -0.666. The zero-order chi connectivity index (χ0) is 94.4. The Morgan fingerprint density at radius 1 is 0.242 bits per heavy atom. The highest BCUT2D eigenvalue weighted by Crippen LogP contribution is 2.28. The van der Waals surface area contributed by atoms with E-state index in [4.69, 9.17) is 41.1 Å². The van der Waals surface area contributed by atoms with Crippen LogP contribution in [0, 0.1) is 117 Å². The largest absolute Gasteiger partial charge is 0.215 e. The first-order valence-electron chi connectivity index (χ1n) is 45.8. The third kappa shape index (κ3) is 19.2. The molecule has 0 bridgehead atoms. The first-order valence-corrected chi connectivity index (χ1v) is 30.8. The van der Waals surface area contributed by atoms with Gasteiger partial charge in [0.25, 0.3) is 0 Å². The smallest absolute Gasteiger partial charge is 0.201 e. The van der Waals surface area contributed by atoms with Gasteiger partial charge in [-0.15, -0.1) is 0 Å². The van der Waals surface area contributed by atoms with Crippen LogP contribution in [0.15, 0.2) is 225 Å². The van der Waals surface area contributed by atoms with Crippen LogP contribution in [0.4, 0.5) is 0 Å². The monoisotopic (exact) mass is 1290 g/mol. The number of nitrogens with zero attached hydrogens (tertiary/aromatic N) is 6. The van der Waals surface area contributed by atoms with Crippen molar-refractivity contribution in [2.75, 3.05) is 0 Å². The molecule has 12 aromatic rings. The summed E-state index contributed by atoms with van der Waals surface area (Å²) in [6.45, 7) is -9.18. The lowest BCUT2D eigenvalue weighted by Gasteiger charge is -2.08. The number of rotatable bonds is 6. The number of aromatic nitrogens is 6. The molecule has 0 N–H and O–H groups in total. The first kappa shape index (κ1) is 41.1. The van der Waals surface area contributed by atoms with Crippen LogP contribution in [-0.4, -0.2) is 0 Å². The predicted molar refractivity (Wildman–Crippen MR) is 399 cm³/mol. The standard InChI is InChI=1S/5C15H18N.C14H16N/c1-11-5-7-14(13(3)9-11)15-8-6-12(2)10-16(15)4;1-11-5-6-14(13(3)9-11)15-10-12(2)7-8-16(15)4;1-11-8-9-14(12(2)10-11)15-7-5-6-13(3)16(15)4;1-11-7-5-6-8-14(11)15-9-12(2)13(3)10-16(15)4;1-11-9-10-16(4)15(13(11)3)14-8-6-5-7-12(14)2;1-11-7-8-13(12(2)10-11)14-6-4-5-9-15(14)3/h5*5-10H,1-4H3;4-10H,1-3H3/q6*+1/i2*1D3,2D3;1D3;2D3,3D3;1D3,3D3;1D3. The van der Waals surface area contributed by atoms with E-state index in [9.17, 15) is 0 Å². The molecule has 0 aliphatic heterocycles. The minimum atomic E-state index is -2.51. The van der Waals surface area contributed by atoms with Crippen molar-refractivity contribution in [3.05, 3.63) is 320 Å². The number of benzene rings is 6. The molecule has 6 heterocycles. The number of hydrogen-bond acceptors (Lipinski definition) is 0. The van der Waals surface area contributed by atoms with Crippen LogP contribution in [0.25, 0.3) is 67.5 Å². The van der Waals surface area contributed by atoms with Crippen molar-refractivity contribution in [1.82, 2.24) is 0 Å². The molecule has 486 valence electrons. The maximum atomic E-state index is 7.82. The fourth-order valence-electron chi connectivity index (χ4n) is 10.9. The molecule has 0 aliphatic carbocycles. The average Bonchev–Trinajstić information content (AvgIpc) is 0.756. The van der Waals surface area contributed by atoms with Crippen LogP contribution in [0.5, 0.6) is 0 Å². The molecule has 0 saturated carbocycles. The van der Waals surface area contributed by atoms with E-state index in [1.165, 1.54) is 18.3 Å². The molecule has 0 atom stereocenters. The van der Waals surface area contributed by atoms with E-state index < -0.39 is 68.5 Å². The predicted octanol–water partition coefficient (Wildman–Crippen LogP) is 18.3. The van der Waals surface area contributed by atoms with E-state index >= 15 is 0 Å². The van der Waals surface area contributed by atoms with E-state index in [0.29, 0.717) is 28.1 Å². The van der Waals surface area contributed by atoms with Crippen molar-refractivity contribution in [3.8, 4) is 67.5 Å². The Kier molecular flexibility index (Phi) is 14.4. The second-order valence-corrected chi connectivity index (χ2v) is 23.5. The Hall–Kier alpha value is -9.78. The SMILES string of the molecule is [2H]C([2H])([2H])c1cc(-c2ccccc2C)[n+](C)cc1C([2H])([2H])[2H].[2H]C([2H])([2H])c1cc[n+](C)c(-c2ccccc2C)c1C([2H])([2H])[2H].[2H]C([2H])([2H])c1ccc(-c2cc(C([2H])([2H])[2H])cc[n+]2C)c(C)c1.[2H]C([2H])([2H])c1ccc(-c2ccc(C([2H])([2H])[2H])c[n+]2C)c(C)c1.[2H]C([2H])([2H])c1ccc(-c2cccc(C)[n+]2C)c(C)c1.[2H]C([2H])([2H])c1ccc(-c2cccc[n+]2C)c(C)c1. The van der Waals surface area contributed by atoms with Gasteiger partial charge in [0.15, 0.2) is 36.7 Å². The van der Waals surface area contributed by atoms with Crippen molar-refractivity contribution in [3.63, 3.8) is 0 Å². The van der Waals surface area contributed by atoms with Crippen molar-refractivity contribution in [2.45, 2.75) is 117 Å². The molecule has 12 rings (SSSR count). The molecule has 0 amide bonds. The van der Waals surface area contributed by atoms with Gasteiger partial charge in [0.2, 0.25) is 34.2 Å². The molecule has 6 aromatic carbocycles. The van der Waals surface area contributed by atoms with Crippen LogP contribution in [0.1, 0.15) is 136 Å². The van der Waals surface area contributed by atoms with Crippen LogP contribution in [-0.2, 0) is 42.3 Å². The van der Waals surface area contributed by atoms with Crippen molar-refractivity contribution in [1.29, 1.82) is 0 Å². The van der Waals surface area contributed by atoms with E-state index in [-0.39, 0.29) is 38.9 Å². The molecule has 0 radical (unpaired) electrons. The quantitative estimate of drug-likeness (QED) is 0.148. The van der Waals surface area contributed by atoms with Gasteiger partial charge in [-0.25, -0.2) is 22.8 Å². The molecule has 0 saturated heterocycles. The summed E-state index contributed by atoms with van der Waals surface area (Å²) in [6, 6.07) is 57.0. The van der Waals surface area contributed by atoms with Gasteiger partial charge in [0.05, 0.1) is 0 Å². The summed E-state index contributed by atoms with van der Waals surface area (Å²) in [4.78, 5) is 0. The fourth-order valence-corrected chi connectivity index (χ4v) is 10.9. The van der Waals surface area contributed by atoms with Crippen molar-refractivity contribution < 1.29 is 68.5 Å². The van der Waals surface area contributed by atoms with Crippen LogP contribution < -0.4 is 27.4 Å². The number of aryl methyl sites for hydroxylation is 21. The van der Waals surface area contributed by atoms with Gasteiger partial charge in [-0.1, -0.05) is 107 Å². The van der Waals surface area contributed by atoms with Crippen molar-refractivity contribution in [2.24, 2.45) is 42.3 Å². The van der Waals surface area contributed by atoms with Gasteiger partial charge >= 0.3 is 0 Å². The van der Waals surface area contributed by atoms with E-state index in [2.05, 4.69) is 17.6 Å². The Labute approximate surface area is 613 Å². The van der Waals surface area contributed by atoms with Gasteiger partial charge in [-0.2, -0.15) is 4.57 Å². The third-order valence-corrected chi connectivity index (χ3v) is 16.2. The second kappa shape index (κ2) is 33.4. The summed E-state index contributed by atoms with van der Waals surface area (Å²) in [5.74, 6) is 0. The molecule has 6 heteroatoms. The Balaban J connectivity index is 0.000000206. The molecule has 0 unspecified atom stereocenters. The minimum absolute atomic E-state index is 0.105. The summed E-state index contributed by atoms with van der Waals surface area (Å²) in [7, 11) is 11.0. The molecule has 95 heavy (non-hydrogen) atoms. The zero-order valence-corrected chi connectivity index (χ0v) is 56.5. The number of pyridine rings is 6. The zero-order valence-electron chi connectivity index (χ0n) is 86.5. The van der Waals surface area contributed by atoms with E-state index in [1.807, 2.05) is 169 Å². The third-order valence-electron chi connectivity index (χ3n) is 16.2. The summed E-state index contributed by atoms with van der Waals surface area (Å²) in [6.07, 6.45) is 8.26. The molecule has 0 spiro atoms. The molecule has 0 fully saturated rings. The maximum Gasteiger partial charge on any atom is 0.215 e. The Morgan fingerprint density at radius 2 is 0.674 bits per heavy atom. The molecule has 6 nitrogen and oxygen atoms in total. The molecule has 0 aliphatic rings. The molecular formula is C89H106N6+6. The minimum Gasteiger partial charge on any atom is -0.201 e. The second-order valence-electron chi connectivity index (χ2n) is 23.5. The highest BCUT2D eigenvalue weighted by molar-refractivity contribution is 5.67. The van der Waals surface area contributed by atoms with Crippen LogP contribution in [0.3, 0.4) is 0 Å². The number of hydrogen-bond donors (Lipinski definition) is 0. The van der Waals surface area contributed by atoms with Gasteiger partial charge in [0, 0.05) is 153 Å². The fraction of sp³-hybridized carbons (Fsp3) is 0.258. The summed E-state index contributed by atoms with van der Waals surface area (Å²) in [5, 5.41) is 0. The summed E-state index contributed by atoms with van der Waals surface area (Å²) < 4.78 is 237. The van der Waals surface area contributed by atoms with E-state index in [1.54, 1.807) is 138 Å². The lowest BCUT2D eigenvalue weighted by Crippen LogP contribution is -2.34. The highest BCUT2D eigenvalue weighted by atomic mass is 15.0. The molecule has 6 aromatic heterocycles. The Bertz CT molecular complexity index is 5750. The van der Waals surface area contributed by atoms with Gasteiger partial charge in [0.1, 0.15) is 42.3 Å². The maximum absolute atomic E-state index is 7.82. The average molecular weight is 1290 g/mol. The normalized spacial score (nSPS) is 16.5. The highest BCUT2D eigenvalue weighted by Gasteiger charge is 2.19. The van der Waals surface area contributed by atoms with Crippen LogP contribution >= 0.6 is 0 Å². The lowest BCUT2D eigenvalue weighted by atomic mass is 9.99. The van der Waals surface area contributed by atoms with Gasteiger partial charge < -0.3 is 0 Å². The van der Waals surface area contributed by atoms with Gasteiger partial charge in [-0.05, 0) is 215 Å². The van der Waals surface area contributed by atoms with Crippen LogP contribution in [0.2, 0.25) is 0 Å². The molecular weight excluding hydrogens is 1150 g/mol.